The Morgan fingerprint density at radius 3 is 2.57 bits per heavy atom. The lowest BCUT2D eigenvalue weighted by Gasteiger charge is -2.32. The van der Waals surface area contributed by atoms with E-state index in [9.17, 15) is 14.7 Å². The molecule has 3 aromatic rings. The lowest BCUT2D eigenvalue weighted by molar-refractivity contribution is 0.0695. The van der Waals surface area contributed by atoms with E-state index in [2.05, 4.69) is 29.2 Å². The molecule has 35 heavy (non-hydrogen) atoms. The number of amides is 1. The fourth-order valence-corrected chi connectivity index (χ4v) is 4.98. The van der Waals surface area contributed by atoms with Crippen LogP contribution in [-0.2, 0) is 12.8 Å². The Morgan fingerprint density at radius 1 is 1.14 bits per heavy atom. The van der Waals surface area contributed by atoms with E-state index in [4.69, 9.17) is 0 Å². The molecular formula is C28H36N4O3. The third kappa shape index (κ3) is 5.73. The number of carbonyl (C=O) groups excluding carboxylic acids is 1. The van der Waals surface area contributed by atoms with Crippen LogP contribution in [0.5, 0.6) is 0 Å². The molecule has 0 saturated carbocycles. The highest BCUT2D eigenvalue weighted by Crippen LogP contribution is 2.22. The zero-order valence-corrected chi connectivity index (χ0v) is 21.0. The molecule has 1 amide bonds. The topological polar surface area (TPSA) is 87.5 Å². The first-order valence-corrected chi connectivity index (χ1v) is 12.7. The van der Waals surface area contributed by atoms with Crippen LogP contribution in [0.4, 0.5) is 0 Å². The molecule has 1 aromatic heterocycles. The van der Waals surface area contributed by atoms with Crippen LogP contribution < -0.4 is 5.32 Å². The van der Waals surface area contributed by atoms with Crippen LogP contribution in [0.2, 0.25) is 0 Å². The van der Waals surface area contributed by atoms with Crippen molar-refractivity contribution in [1.29, 1.82) is 0 Å². The zero-order valence-electron chi connectivity index (χ0n) is 21.0. The molecule has 1 saturated heterocycles. The summed E-state index contributed by atoms with van der Waals surface area (Å²) >= 11 is 0. The number of hydrogen-bond acceptors (Lipinski definition) is 4. The summed E-state index contributed by atoms with van der Waals surface area (Å²) in [4.78, 5) is 26.8. The predicted molar refractivity (Wildman–Crippen MR) is 138 cm³/mol. The quantitative estimate of drug-likeness (QED) is 0.473. The van der Waals surface area contributed by atoms with Crippen LogP contribution in [0.1, 0.15) is 71.6 Å². The largest absolute Gasteiger partial charge is 0.478 e. The summed E-state index contributed by atoms with van der Waals surface area (Å²) in [5.41, 5.74) is 3.99. The van der Waals surface area contributed by atoms with Crippen molar-refractivity contribution in [1.82, 2.24) is 20.0 Å². The molecule has 0 atom stereocenters. The minimum Gasteiger partial charge on any atom is -0.478 e. The summed E-state index contributed by atoms with van der Waals surface area (Å²) in [6.07, 6.45) is 3.75. The molecular weight excluding hydrogens is 440 g/mol. The smallest absolute Gasteiger partial charge is 0.335 e. The lowest BCUT2D eigenvalue weighted by atomic mass is 9.96. The van der Waals surface area contributed by atoms with E-state index in [1.807, 2.05) is 48.0 Å². The van der Waals surface area contributed by atoms with E-state index >= 15 is 0 Å². The van der Waals surface area contributed by atoms with E-state index in [0.29, 0.717) is 23.7 Å². The maximum absolute atomic E-state index is 12.9. The number of para-hydroxylation sites is 1. The molecule has 7 nitrogen and oxygen atoms in total. The number of aromatic carboxylic acids is 1. The number of hydrogen-bond donors (Lipinski definition) is 2. The van der Waals surface area contributed by atoms with Crippen LogP contribution in [0.15, 0.2) is 42.5 Å². The fraction of sp³-hybridized carbons (Fsp3) is 0.464. The molecule has 2 aromatic carbocycles. The number of carboxylic acids is 1. The van der Waals surface area contributed by atoms with Crippen molar-refractivity contribution in [3.8, 4) is 0 Å². The number of rotatable bonds is 9. The van der Waals surface area contributed by atoms with Gasteiger partial charge in [0, 0.05) is 24.5 Å². The van der Waals surface area contributed by atoms with Gasteiger partial charge in [-0.05, 0) is 81.8 Å². The second-order valence-electron chi connectivity index (χ2n) is 9.80. The van der Waals surface area contributed by atoms with Gasteiger partial charge in [0.25, 0.3) is 5.91 Å². The van der Waals surface area contributed by atoms with Gasteiger partial charge in [0.1, 0.15) is 0 Å². The van der Waals surface area contributed by atoms with E-state index in [1.54, 1.807) is 6.07 Å². The second kappa shape index (κ2) is 11.0. The van der Waals surface area contributed by atoms with Gasteiger partial charge in [0.05, 0.1) is 11.1 Å². The number of fused-ring (bicyclic) bond motifs is 1. The van der Waals surface area contributed by atoms with E-state index < -0.39 is 5.97 Å². The third-order valence-electron chi connectivity index (χ3n) is 7.07. The van der Waals surface area contributed by atoms with Gasteiger partial charge >= 0.3 is 5.97 Å². The van der Waals surface area contributed by atoms with Crippen LogP contribution in [0, 0.1) is 5.92 Å². The van der Waals surface area contributed by atoms with Crippen molar-refractivity contribution in [2.24, 2.45) is 5.92 Å². The van der Waals surface area contributed by atoms with Gasteiger partial charge in [-0.3, -0.25) is 9.48 Å². The summed E-state index contributed by atoms with van der Waals surface area (Å²) < 4.78 is 1.92. The summed E-state index contributed by atoms with van der Waals surface area (Å²) in [6, 6.07) is 13.8. The predicted octanol–water partition coefficient (Wildman–Crippen LogP) is 4.56. The molecule has 0 bridgehead atoms. The standard InChI is InChI=1S/C28H36N4O3/c1-4-22-17-20(9-10-23(22)28(34)35)11-14-31-15-12-21(13-16-31)18-29-27(33)26-24-7-5-6-8-25(24)32(30-26)19(2)3/h5-10,17,19,21H,4,11-16,18H2,1-3H3,(H,29,33)(H,34,35). The number of nitrogens with one attached hydrogen (secondary N) is 1. The van der Waals surface area contributed by atoms with Crippen LogP contribution in [-0.4, -0.2) is 57.8 Å². The Bertz CT molecular complexity index is 1190. The summed E-state index contributed by atoms with van der Waals surface area (Å²) in [5.74, 6) is -0.487. The van der Waals surface area contributed by atoms with Crippen LogP contribution >= 0.6 is 0 Å². The van der Waals surface area contributed by atoms with Crippen LogP contribution in [0.25, 0.3) is 10.9 Å². The Balaban J connectivity index is 1.26. The number of carbonyl (C=O) groups is 2. The number of nitrogens with zero attached hydrogens (tertiary/aromatic N) is 3. The van der Waals surface area contributed by atoms with Gasteiger partial charge in [-0.1, -0.05) is 37.3 Å². The number of carboxylic acid groups (broad SMARTS) is 1. The molecule has 0 unspecified atom stereocenters. The molecule has 2 heterocycles. The third-order valence-corrected chi connectivity index (χ3v) is 7.07. The highest BCUT2D eigenvalue weighted by Gasteiger charge is 2.22. The van der Waals surface area contributed by atoms with Gasteiger partial charge in [-0.25, -0.2) is 4.79 Å². The van der Waals surface area contributed by atoms with Gasteiger partial charge in [-0.15, -0.1) is 0 Å². The molecule has 2 N–H and O–H groups in total. The molecule has 0 spiro atoms. The first kappa shape index (κ1) is 24.9. The maximum atomic E-state index is 12.9. The van der Waals surface area contributed by atoms with Gasteiger partial charge < -0.3 is 15.3 Å². The van der Waals surface area contributed by atoms with E-state index in [-0.39, 0.29) is 11.9 Å². The fourth-order valence-electron chi connectivity index (χ4n) is 4.98. The maximum Gasteiger partial charge on any atom is 0.335 e. The molecule has 1 aliphatic rings. The number of likely N-dealkylation sites (tertiary alicyclic amines) is 1. The number of piperidine rings is 1. The summed E-state index contributed by atoms with van der Waals surface area (Å²) in [6.45, 7) is 9.80. The normalized spacial score (nSPS) is 15.1. The van der Waals surface area contributed by atoms with Crippen molar-refractivity contribution in [3.63, 3.8) is 0 Å². The molecule has 4 rings (SSSR count). The van der Waals surface area contributed by atoms with E-state index in [0.717, 1.165) is 61.8 Å². The number of aromatic nitrogens is 2. The van der Waals surface area contributed by atoms with Gasteiger partial charge in [0.2, 0.25) is 0 Å². The second-order valence-corrected chi connectivity index (χ2v) is 9.80. The minimum absolute atomic E-state index is 0.0976. The SMILES string of the molecule is CCc1cc(CCN2CCC(CNC(=O)c3nn(C(C)C)c4ccccc34)CC2)ccc1C(=O)O. The average Bonchev–Trinajstić information content (AvgIpc) is 3.26. The Morgan fingerprint density at radius 2 is 1.89 bits per heavy atom. The minimum atomic E-state index is -0.857. The van der Waals surface area contributed by atoms with Gasteiger partial charge in [-0.2, -0.15) is 5.10 Å². The molecule has 7 heteroatoms. The zero-order chi connectivity index (χ0) is 24.9. The Hall–Kier alpha value is -3.19. The molecule has 1 fully saturated rings. The van der Waals surface area contributed by atoms with Crippen molar-refractivity contribution >= 4 is 22.8 Å². The molecule has 186 valence electrons. The summed E-state index contributed by atoms with van der Waals surface area (Å²) in [5, 5.41) is 18.0. The highest BCUT2D eigenvalue weighted by molar-refractivity contribution is 6.04. The van der Waals surface area contributed by atoms with E-state index in [1.165, 1.54) is 5.56 Å². The summed E-state index contributed by atoms with van der Waals surface area (Å²) in [7, 11) is 0. The highest BCUT2D eigenvalue weighted by atomic mass is 16.4. The average molecular weight is 477 g/mol. The number of benzene rings is 2. The van der Waals surface area contributed by atoms with Crippen molar-refractivity contribution in [3.05, 3.63) is 64.8 Å². The molecule has 1 aliphatic heterocycles. The van der Waals surface area contributed by atoms with Crippen LogP contribution in [0.3, 0.4) is 0 Å². The monoisotopic (exact) mass is 476 g/mol. The van der Waals surface area contributed by atoms with Crippen molar-refractivity contribution in [2.45, 2.75) is 52.5 Å². The van der Waals surface area contributed by atoms with Gasteiger partial charge in [0.15, 0.2) is 5.69 Å². The molecule has 0 aliphatic carbocycles. The number of aryl methyl sites for hydroxylation is 1. The first-order chi connectivity index (χ1) is 16.9. The lowest BCUT2D eigenvalue weighted by Crippen LogP contribution is -2.39. The first-order valence-electron chi connectivity index (χ1n) is 12.7. The van der Waals surface area contributed by atoms with Crippen molar-refractivity contribution < 1.29 is 14.7 Å². The Labute approximate surface area is 207 Å². The van der Waals surface area contributed by atoms with Crippen molar-refractivity contribution in [2.75, 3.05) is 26.2 Å². The molecule has 0 radical (unpaired) electrons. The Kier molecular flexibility index (Phi) is 7.86.